The van der Waals surface area contributed by atoms with E-state index in [1.54, 1.807) is 5.57 Å². The normalized spacial score (nSPS) is 44.3. The van der Waals surface area contributed by atoms with Crippen LogP contribution in [0.1, 0.15) is 92.9 Å². The van der Waals surface area contributed by atoms with Gasteiger partial charge in [0.1, 0.15) is 0 Å². The fraction of sp³-hybridized carbons (Fsp3) is 0.933. The summed E-state index contributed by atoms with van der Waals surface area (Å²) >= 11 is 0. The molecule has 4 aliphatic carbocycles. The fourth-order valence-corrected chi connectivity index (χ4v) is 9.32. The number of aliphatic hydroxyl groups excluding tert-OH is 1. The molecule has 3 saturated carbocycles. The van der Waals surface area contributed by atoms with Crippen LogP contribution in [0.25, 0.3) is 0 Å². The topological polar surface area (TPSA) is 38.7 Å². The monoisotopic (exact) mass is 460 g/mol. The van der Waals surface area contributed by atoms with Gasteiger partial charge in [-0.1, -0.05) is 53.2 Å². The van der Waals surface area contributed by atoms with Crippen molar-refractivity contribution >= 4 is 0 Å². The van der Waals surface area contributed by atoms with Gasteiger partial charge in [0, 0.05) is 14.2 Å². The maximum atomic E-state index is 11.2. The first kappa shape index (κ1) is 25.7. The second kappa shape index (κ2) is 9.58. The molecule has 0 heterocycles. The molecular weight excluding hydrogens is 408 g/mol. The number of rotatable bonds is 7. The lowest BCUT2D eigenvalue weighted by Gasteiger charge is -2.58. The molecule has 1 N–H and O–H groups in total. The summed E-state index contributed by atoms with van der Waals surface area (Å²) in [5, 5.41) is 11.2. The van der Waals surface area contributed by atoms with Crippen LogP contribution in [0.15, 0.2) is 11.6 Å². The molecule has 0 spiro atoms. The minimum Gasteiger partial charge on any atom is -0.390 e. The molecule has 0 unspecified atom stereocenters. The van der Waals surface area contributed by atoms with Crippen molar-refractivity contribution in [3.8, 4) is 0 Å². The SMILES string of the molecule is CO[C@H]1CC[C@@]2(C)C(=CC[C@H]3[C@@H]4CC[C@H]([C@H](C)[C@@H](OC)[C@H](O)[C@@H](C)C(C)C)[C@@]4(C)CC[C@@H]32)C1. The summed E-state index contributed by atoms with van der Waals surface area (Å²) < 4.78 is 11.8. The predicted octanol–water partition coefficient (Wildman–Crippen LogP) is 6.88. The molecule has 0 radical (unpaired) electrons. The third-order valence-corrected chi connectivity index (χ3v) is 11.8. The standard InChI is InChI=1S/C30H52O3/c1-18(2)19(3)27(31)28(33-8)20(4)24-11-12-25-23-10-9-21-17-22(32-7)13-15-29(21,5)26(23)14-16-30(24,25)6/h9,18-20,22-28,31H,10-17H2,1-8H3/t19-,20-,22-,23-,24+,25-,26-,27+,28+,29-,30+/m0/s1. The van der Waals surface area contributed by atoms with Crippen LogP contribution in [-0.4, -0.2) is 37.6 Å². The first-order chi connectivity index (χ1) is 15.6. The number of allylic oxidation sites excluding steroid dienone is 1. The maximum absolute atomic E-state index is 11.2. The van der Waals surface area contributed by atoms with Crippen LogP contribution in [0.3, 0.4) is 0 Å². The van der Waals surface area contributed by atoms with Crippen molar-refractivity contribution < 1.29 is 14.6 Å². The Kier molecular flexibility index (Phi) is 7.46. The highest BCUT2D eigenvalue weighted by Crippen LogP contribution is 2.67. The van der Waals surface area contributed by atoms with E-state index in [0.29, 0.717) is 34.7 Å². The van der Waals surface area contributed by atoms with E-state index >= 15 is 0 Å². The number of ether oxygens (including phenoxy) is 2. The van der Waals surface area contributed by atoms with E-state index in [-0.39, 0.29) is 18.1 Å². The van der Waals surface area contributed by atoms with Crippen molar-refractivity contribution in [2.75, 3.05) is 14.2 Å². The molecule has 3 heteroatoms. The Labute approximate surface area is 204 Å². The molecule has 0 aromatic carbocycles. The zero-order chi connectivity index (χ0) is 24.1. The largest absolute Gasteiger partial charge is 0.390 e. The Hall–Kier alpha value is -0.380. The molecule has 0 bridgehead atoms. The van der Waals surface area contributed by atoms with E-state index in [1.165, 1.54) is 44.9 Å². The molecule has 0 aromatic heterocycles. The van der Waals surface area contributed by atoms with E-state index in [1.807, 2.05) is 14.2 Å². The van der Waals surface area contributed by atoms with E-state index in [0.717, 1.165) is 24.2 Å². The lowest BCUT2D eigenvalue weighted by molar-refractivity contribution is -0.110. The summed E-state index contributed by atoms with van der Waals surface area (Å²) in [6.45, 7) is 14.2. The minimum absolute atomic E-state index is 0.0691. The van der Waals surface area contributed by atoms with Gasteiger partial charge in [-0.25, -0.2) is 0 Å². The van der Waals surface area contributed by atoms with Gasteiger partial charge in [-0.05, 0) is 104 Å². The minimum atomic E-state index is -0.390. The van der Waals surface area contributed by atoms with Gasteiger partial charge in [0.05, 0.1) is 18.3 Å². The second-order valence-electron chi connectivity index (χ2n) is 13.2. The highest BCUT2D eigenvalue weighted by Gasteiger charge is 2.60. The van der Waals surface area contributed by atoms with Gasteiger partial charge < -0.3 is 14.6 Å². The molecule has 3 fully saturated rings. The van der Waals surface area contributed by atoms with Gasteiger partial charge >= 0.3 is 0 Å². The first-order valence-corrected chi connectivity index (χ1v) is 14.0. The van der Waals surface area contributed by atoms with Crippen LogP contribution < -0.4 is 0 Å². The third kappa shape index (κ3) is 4.16. The number of aliphatic hydroxyl groups is 1. The second-order valence-corrected chi connectivity index (χ2v) is 13.2. The summed E-state index contributed by atoms with van der Waals surface area (Å²) in [4.78, 5) is 0. The lowest BCUT2D eigenvalue weighted by atomic mass is 9.47. The van der Waals surface area contributed by atoms with Crippen molar-refractivity contribution in [1.29, 1.82) is 0 Å². The highest BCUT2D eigenvalue weighted by atomic mass is 16.5. The van der Waals surface area contributed by atoms with Gasteiger partial charge in [0.15, 0.2) is 0 Å². The number of hydrogen-bond acceptors (Lipinski definition) is 3. The summed E-state index contributed by atoms with van der Waals surface area (Å²) in [5.41, 5.74) is 2.48. The molecular formula is C30H52O3. The molecule has 190 valence electrons. The Morgan fingerprint density at radius 2 is 1.70 bits per heavy atom. The average Bonchev–Trinajstić information content (AvgIpc) is 3.15. The molecule has 33 heavy (non-hydrogen) atoms. The van der Waals surface area contributed by atoms with Gasteiger partial charge in [-0.2, -0.15) is 0 Å². The van der Waals surface area contributed by atoms with E-state index in [2.05, 4.69) is 47.6 Å². The van der Waals surface area contributed by atoms with Crippen LogP contribution >= 0.6 is 0 Å². The Bertz CT molecular complexity index is 715. The quantitative estimate of drug-likeness (QED) is 0.421. The van der Waals surface area contributed by atoms with Crippen LogP contribution in [0, 0.1) is 52.3 Å². The molecule has 0 aromatic rings. The molecule has 4 rings (SSSR count). The average molecular weight is 461 g/mol. The van der Waals surface area contributed by atoms with Crippen LogP contribution in [0.2, 0.25) is 0 Å². The van der Waals surface area contributed by atoms with Crippen molar-refractivity contribution in [2.24, 2.45) is 52.3 Å². The van der Waals surface area contributed by atoms with Crippen molar-refractivity contribution in [2.45, 2.75) is 111 Å². The third-order valence-electron chi connectivity index (χ3n) is 11.8. The number of fused-ring (bicyclic) bond motifs is 5. The summed E-state index contributed by atoms with van der Waals surface area (Å²) in [6, 6.07) is 0. The molecule has 0 saturated heterocycles. The Morgan fingerprint density at radius 3 is 2.33 bits per heavy atom. The van der Waals surface area contributed by atoms with Crippen LogP contribution in [0.4, 0.5) is 0 Å². The summed E-state index contributed by atoms with van der Waals surface area (Å²) in [7, 11) is 3.70. The Balaban J connectivity index is 1.54. The number of methoxy groups -OCH3 is 2. The molecule has 0 aliphatic heterocycles. The zero-order valence-corrected chi connectivity index (χ0v) is 22.8. The highest BCUT2D eigenvalue weighted by molar-refractivity contribution is 5.25. The van der Waals surface area contributed by atoms with E-state index < -0.39 is 0 Å². The smallest absolute Gasteiger partial charge is 0.0861 e. The lowest BCUT2D eigenvalue weighted by Crippen LogP contribution is -2.52. The van der Waals surface area contributed by atoms with E-state index in [9.17, 15) is 5.11 Å². The van der Waals surface area contributed by atoms with Crippen molar-refractivity contribution in [3.05, 3.63) is 11.6 Å². The predicted molar refractivity (Wildman–Crippen MR) is 136 cm³/mol. The number of hydrogen-bond donors (Lipinski definition) is 1. The van der Waals surface area contributed by atoms with Gasteiger partial charge in [0.2, 0.25) is 0 Å². The van der Waals surface area contributed by atoms with Crippen LogP contribution in [0.5, 0.6) is 0 Å². The molecule has 0 amide bonds. The van der Waals surface area contributed by atoms with Crippen molar-refractivity contribution in [1.82, 2.24) is 0 Å². The van der Waals surface area contributed by atoms with Gasteiger partial charge in [-0.15, -0.1) is 0 Å². The molecule has 3 nitrogen and oxygen atoms in total. The summed E-state index contributed by atoms with van der Waals surface area (Å²) in [6.07, 6.45) is 12.9. The zero-order valence-electron chi connectivity index (χ0n) is 22.8. The van der Waals surface area contributed by atoms with E-state index in [4.69, 9.17) is 9.47 Å². The molecule has 11 atom stereocenters. The first-order valence-electron chi connectivity index (χ1n) is 14.0. The maximum Gasteiger partial charge on any atom is 0.0861 e. The Morgan fingerprint density at radius 1 is 0.970 bits per heavy atom. The molecule has 4 aliphatic rings. The van der Waals surface area contributed by atoms with Gasteiger partial charge in [-0.3, -0.25) is 0 Å². The van der Waals surface area contributed by atoms with Gasteiger partial charge in [0.25, 0.3) is 0 Å². The van der Waals surface area contributed by atoms with Crippen molar-refractivity contribution in [3.63, 3.8) is 0 Å². The summed E-state index contributed by atoms with van der Waals surface area (Å²) in [5.74, 6) is 4.23. The fourth-order valence-electron chi connectivity index (χ4n) is 9.32. The van der Waals surface area contributed by atoms with Crippen LogP contribution in [-0.2, 0) is 9.47 Å².